The summed E-state index contributed by atoms with van der Waals surface area (Å²) in [4.78, 5) is 48.7. The summed E-state index contributed by atoms with van der Waals surface area (Å²) in [5, 5.41) is 14.2. The molecule has 0 saturated heterocycles. The molecule has 3 amide bonds. The highest BCUT2D eigenvalue weighted by Gasteiger charge is 2.27. The molecule has 3 rings (SSSR count). The average Bonchev–Trinajstić information content (AvgIpc) is 2.88. The summed E-state index contributed by atoms with van der Waals surface area (Å²) in [6.07, 6.45) is -0.571. The third-order valence-corrected chi connectivity index (χ3v) is 5.40. The highest BCUT2D eigenvalue weighted by molar-refractivity contribution is 5.91. The normalized spacial score (nSPS) is 12.1. The molecule has 36 heavy (non-hydrogen) atoms. The van der Waals surface area contributed by atoms with Gasteiger partial charge in [-0.05, 0) is 28.8 Å². The second-order valence-corrected chi connectivity index (χ2v) is 8.12. The summed E-state index contributed by atoms with van der Waals surface area (Å²) in [6, 6.07) is 22.0. The van der Waals surface area contributed by atoms with Gasteiger partial charge in [-0.15, -0.1) is 0 Å². The molecule has 0 heterocycles. The number of alkyl carbamates (subject to hydrolysis) is 1. The van der Waals surface area contributed by atoms with Gasteiger partial charge in [0, 0.05) is 12.8 Å². The molecule has 0 bridgehead atoms. The maximum absolute atomic E-state index is 13.1. The van der Waals surface area contributed by atoms with Gasteiger partial charge in [0.25, 0.3) is 0 Å². The number of carbonyl (C=O) groups is 4. The number of carbonyl (C=O) groups excluding carboxylic acids is 3. The Hall–Kier alpha value is -4.66. The predicted octanol–water partition coefficient (Wildman–Crippen LogP) is 2.44. The van der Waals surface area contributed by atoms with Gasteiger partial charge in [0.1, 0.15) is 18.7 Å². The zero-order valence-corrected chi connectivity index (χ0v) is 19.4. The number of nitrogens with two attached hydrogens (primary N) is 1. The minimum atomic E-state index is -1.08. The monoisotopic (exact) mass is 489 g/mol. The van der Waals surface area contributed by atoms with Crippen LogP contribution in [-0.4, -0.2) is 41.1 Å². The molecule has 0 aliphatic heterocycles. The average molecular weight is 490 g/mol. The van der Waals surface area contributed by atoms with E-state index in [4.69, 9.17) is 15.6 Å². The number of carboxylic acids is 1. The number of carboxylic acid groups (broad SMARTS) is 1. The molecule has 2 atom stereocenters. The smallest absolute Gasteiger partial charge is 0.408 e. The van der Waals surface area contributed by atoms with Gasteiger partial charge in [-0.3, -0.25) is 9.59 Å². The maximum atomic E-state index is 13.1. The van der Waals surface area contributed by atoms with Crippen molar-refractivity contribution in [2.24, 2.45) is 5.73 Å². The van der Waals surface area contributed by atoms with E-state index in [1.165, 1.54) is 12.1 Å². The predicted molar refractivity (Wildman–Crippen MR) is 132 cm³/mol. The molecule has 3 aromatic rings. The van der Waals surface area contributed by atoms with Crippen LogP contribution in [0.4, 0.5) is 4.79 Å². The van der Waals surface area contributed by atoms with E-state index in [0.29, 0.717) is 5.56 Å². The van der Waals surface area contributed by atoms with Crippen molar-refractivity contribution in [2.45, 2.75) is 31.5 Å². The van der Waals surface area contributed by atoms with Gasteiger partial charge in [-0.2, -0.15) is 0 Å². The number of primary amides is 1. The van der Waals surface area contributed by atoms with Crippen LogP contribution in [0.3, 0.4) is 0 Å². The number of amides is 3. The van der Waals surface area contributed by atoms with E-state index in [1.54, 1.807) is 12.1 Å². The molecular formula is C27H27N3O6. The quantitative estimate of drug-likeness (QED) is 0.325. The second kappa shape index (κ2) is 12.7. The summed E-state index contributed by atoms with van der Waals surface area (Å²) in [5.74, 6) is -2.45. The Morgan fingerprint density at radius 2 is 1.25 bits per heavy atom. The van der Waals surface area contributed by atoms with E-state index in [-0.39, 0.29) is 25.0 Å². The molecule has 3 aromatic carbocycles. The van der Waals surface area contributed by atoms with Gasteiger partial charge in [0.05, 0.1) is 5.56 Å². The molecule has 0 spiro atoms. The van der Waals surface area contributed by atoms with Crippen LogP contribution >= 0.6 is 0 Å². The first-order chi connectivity index (χ1) is 17.3. The molecule has 0 unspecified atom stereocenters. The Labute approximate surface area is 208 Å². The SMILES string of the molecule is NC(=O)[C@@H](Cc1ccc(C(=O)O)cc1)NC(=O)[C@@H](Cc1ccccc1)NC(=O)OCc1ccccc1. The maximum Gasteiger partial charge on any atom is 0.408 e. The fourth-order valence-electron chi connectivity index (χ4n) is 3.48. The highest BCUT2D eigenvalue weighted by atomic mass is 16.5. The molecule has 0 radical (unpaired) electrons. The number of ether oxygens (including phenoxy) is 1. The van der Waals surface area contributed by atoms with E-state index in [9.17, 15) is 19.2 Å². The highest BCUT2D eigenvalue weighted by Crippen LogP contribution is 2.09. The van der Waals surface area contributed by atoms with Gasteiger partial charge in [0.2, 0.25) is 11.8 Å². The zero-order chi connectivity index (χ0) is 25.9. The standard InChI is InChI=1S/C27H27N3O6/c28-24(31)22(15-19-11-13-21(14-12-19)26(33)34)29-25(32)23(16-18-7-3-1-4-8-18)30-27(35)36-17-20-9-5-2-6-10-20/h1-14,22-23H,15-17H2,(H2,28,31)(H,29,32)(H,30,35)(H,33,34)/t22-,23-/m1/s1. The van der Waals surface area contributed by atoms with Crippen LogP contribution in [0.2, 0.25) is 0 Å². The molecule has 0 aliphatic carbocycles. The van der Waals surface area contributed by atoms with Crippen molar-refractivity contribution in [2.75, 3.05) is 0 Å². The Morgan fingerprint density at radius 3 is 1.81 bits per heavy atom. The Kier molecular flexibility index (Phi) is 9.16. The fraction of sp³-hybridized carbons (Fsp3) is 0.185. The fourth-order valence-corrected chi connectivity index (χ4v) is 3.48. The Morgan fingerprint density at radius 1 is 0.722 bits per heavy atom. The number of aromatic carboxylic acids is 1. The van der Waals surface area contributed by atoms with E-state index in [2.05, 4.69) is 10.6 Å². The van der Waals surface area contributed by atoms with Crippen LogP contribution in [0.1, 0.15) is 27.0 Å². The van der Waals surface area contributed by atoms with Gasteiger partial charge >= 0.3 is 12.1 Å². The summed E-state index contributed by atoms with van der Waals surface area (Å²) in [6.45, 7) is 0.0304. The van der Waals surface area contributed by atoms with Gasteiger partial charge in [-0.1, -0.05) is 72.8 Å². The molecule has 0 aromatic heterocycles. The van der Waals surface area contributed by atoms with Crippen molar-refractivity contribution in [3.8, 4) is 0 Å². The van der Waals surface area contributed by atoms with Crippen LogP contribution in [0.25, 0.3) is 0 Å². The topological polar surface area (TPSA) is 148 Å². The lowest BCUT2D eigenvalue weighted by Gasteiger charge is -2.22. The van der Waals surface area contributed by atoms with Crippen molar-refractivity contribution in [3.63, 3.8) is 0 Å². The van der Waals surface area contributed by atoms with E-state index < -0.39 is 36.0 Å². The lowest BCUT2D eigenvalue weighted by molar-refractivity contribution is -0.128. The van der Waals surface area contributed by atoms with Crippen molar-refractivity contribution >= 4 is 23.9 Å². The summed E-state index contributed by atoms with van der Waals surface area (Å²) in [5.41, 5.74) is 7.81. The largest absolute Gasteiger partial charge is 0.478 e. The van der Waals surface area contributed by atoms with E-state index >= 15 is 0 Å². The third kappa shape index (κ3) is 7.98. The van der Waals surface area contributed by atoms with Crippen LogP contribution in [0, 0.1) is 0 Å². The lowest BCUT2D eigenvalue weighted by Crippen LogP contribution is -2.54. The van der Waals surface area contributed by atoms with Crippen molar-refractivity contribution in [1.82, 2.24) is 10.6 Å². The summed E-state index contributed by atoms with van der Waals surface area (Å²) >= 11 is 0. The van der Waals surface area contributed by atoms with Crippen molar-refractivity contribution in [3.05, 3.63) is 107 Å². The zero-order valence-electron chi connectivity index (χ0n) is 19.4. The van der Waals surface area contributed by atoms with Crippen LogP contribution in [-0.2, 0) is 33.8 Å². The first kappa shape index (κ1) is 26.0. The van der Waals surface area contributed by atoms with E-state index in [1.807, 2.05) is 60.7 Å². The van der Waals surface area contributed by atoms with Crippen molar-refractivity contribution < 1.29 is 29.0 Å². The number of rotatable bonds is 11. The van der Waals surface area contributed by atoms with Gasteiger partial charge in [0.15, 0.2) is 0 Å². The summed E-state index contributed by atoms with van der Waals surface area (Å²) < 4.78 is 5.26. The molecule has 5 N–H and O–H groups in total. The van der Waals surface area contributed by atoms with Crippen molar-refractivity contribution in [1.29, 1.82) is 0 Å². The minimum absolute atomic E-state index is 0.0304. The number of benzene rings is 3. The third-order valence-electron chi connectivity index (χ3n) is 5.40. The summed E-state index contributed by atoms with van der Waals surface area (Å²) in [7, 11) is 0. The molecule has 0 fully saturated rings. The number of hydrogen-bond donors (Lipinski definition) is 4. The molecule has 0 aliphatic rings. The van der Waals surface area contributed by atoms with Crippen LogP contribution in [0.5, 0.6) is 0 Å². The van der Waals surface area contributed by atoms with Gasteiger partial charge < -0.3 is 26.2 Å². The number of nitrogens with one attached hydrogen (secondary N) is 2. The van der Waals surface area contributed by atoms with Gasteiger partial charge in [-0.25, -0.2) is 9.59 Å². The first-order valence-corrected chi connectivity index (χ1v) is 11.2. The number of hydrogen-bond acceptors (Lipinski definition) is 5. The molecule has 9 heteroatoms. The van der Waals surface area contributed by atoms with E-state index in [0.717, 1.165) is 11.1 Å². The minimum Gasteiger partial charge on any atom is -0.478 e. The lowest BCUT2D eigenvalue weighted by atomic mass is 10.0. The molecule has 9 nitrogen and oxygen atoms in total. The molecule has 0 saturated carbocycles. The second-order valence-electron chi connectivity index (χ2n) is 8.12. The Balaban J connectivity index is 1.69. The van der Waals surface area contributed by atoms with Crippen LogP contribution < -0.4 is 16.4 Å². The molecular weight excluding hydrogens is 462 g/mol. The molecule has 186 valence electrons. The van der Waals surface area contributed by atoms with Crippen LogP contribution in [0.15, 0.2) is 84.9 Å². The Bertz CT molecular complexity index is 1180. The first-order valence-electron chi connectivity index (χ1n) is 11.2.